The molecule has 1 atom stereocenters. The standard InChI is InChI=1S/C24H25FN8O2/c1-13-9-14(3-7-18(13)25)12-29-22(34)20-11-21(33(27)24(31-20)32-28-2)23(35)30-19-8-4-15-10-16(26)5-6-17(15)19/h3,5-7,9-11,19H,2,4,8,12,26-27H2,1H3,(H,29,34)(H,30,35)/b32-24-/t19-/m0/s1. The molecular formula is C24H25FN8O2. The predicted molar refractivity (Wildman–Crippen MR) is 129 cm³/mol. The van der Waals surface area contributed by atoms with Gasteiger partial charge in [0.25, 0.3) is 17.4 Å². The fourth-order valence-corrected chi connectivity index (χ4v) is 4.03. The summed E-state index contributed by atoms with van der Waals surface area (Å²) in [5.74, 6) is 4.65. The number of nitrogens with zero attached hydrogens (tertiary/aromatic N) is 4. The van der Waals surface area contributed by atoms with E-state index < -0.39 is 11.8 Å². The predicted octanol–water partition coefficient (Wildman–Crippen LogP) is 1.49. The van der Waals surface area contributed by atoms with E-state index in [-0.39, 0.29) is 35.4 Å². The zero-order valence-electron chi connectivity index (χ0n) is 19.1. The van der Waals surface area contributed by atoms with Crippen LogP contribution >= 0.6 is 0 Å². The summed E-state index contributed by atoms with van der Waals surface area (Å²) in [5.41, 5.74) is 9.47. The third-order valence-corrected chi connectivity index (χ3v) is 5.82. The first-order valence-electron chi connectivity index (χ1n) is 10.9. The molecule has 11 heteroatoms. The molecule has 2 amide bonds. The highest BCUT2D eigenvalue weighted by molar-refractivity contribution is 5.97. The van der Waals surface area contributed by atoms with Crippen LogP contribution in [-0.2, 0) is 13.0 Å². The lowest BCUT2D eigenvalue weighted by atomic mass is 10.1. The van der Waals surface area contributed by atoms with Gasteiger partial charge in [-0.05, 0) is 60.2 Å². The minimum atomic E-state index is -0.566. The van der Waals surface area contributed by atoms with E-state index in [0.29, 0.717) is 23.2 Å². The molecule has 3 aromatic rings. The number of nitrogen functional groups attached to an aromatic ring is 2. The van der Waals surface area contributed by atoms with Crippen molar-refractivity contribution >= 4 is 24.2 Å². The maximum absolute atomic E-state index is 13.5. The number of fused-ring (bicyclic) bond motifs is 1. The average molecular weight is 477 g/mol. The molecule has 0 saturated carbocycles. The Morgan fingerprint density at radius 2 is 2.03 bits per heavy atom. The van der Waals surface area contributed by atoms with E-state index in [1.165, 1.54) is 12.1 Å². The van der Waals surface area contributed by atoms with Gasteiger partial charge in [-0.3, -0.25) is 9.59 Å². The van der Waals surface area contributed by atoms with Crippen LogP contribution in [0.25, 0.3) is 0 Å². The van der Waals surface area contributed by atoms with Gasteiger partial charge in [0.2, 0.25) is 0 Å². The lowest BCUT2D eigenvalue weighted by Gasteiger charge is -2.16. The molecule has 1 aliphatic rings. The molecule has 180 valence electrons. The first-order valence-corrected chi connectivity index (χ1v) is 10.9. The molecule has 1 aromatic heterocycles. The zero-order chi connectivity index (χ0) is 25.1. The van der Waals surface area contributed by atoms with Gasteiger partial charge in [0.05, 0.1) is 6.04 Å². The molecular weight excluding hydrogens is 451 g/mol. The molecule has 0 fully saturated rings. The number of nitrogens with one attached hydrogen (secondary N) is 2. The van der Waals surface area contributed by atoms with Crippen LogP contribution in [0, 0.1) is 12.7 Å². The van der Waals surface area contributed by atoms with Crippen LogP contribution < -0.4 is 27.8 Å². The second kappa shape index (κ2) is 9.75. The molecule has 10 nitrogen and oxygen atoms in total. The number of hydrogen-bond acceptors (Lipinski definition) is 7. The summed E-state index contributed by atoms with van der Waals surface area (Å²) in [4.78, 5) is 30.1. The number of anilines is 1. The number of rotatable bonds is 6. The van der Waals surface area contributed by atoms with Crippen LogP contribution in [0.2, 0.25) is 0 Å². The Hall–Kier alpha value is -4.54. The minimum Gasteiger partial charge on any atom is -0.399 e. The molecule has 0 unspecified atom stereocenters. The third kappa shape index (κ3) is 5.03. The number of aromatic nitrogens is 2. The van der Waals surface area contributed by atoms with Gasteiger partial charge in [-0.25, -0.2) is 14.1 Å². The molecule has 2 aromatic carbocycles. The van der Waals surface area contributed by atoms with Gasteiger partial charge in [-0.2, -0.15) is 5.10 Å². The van der Waals surface area contributed by atoms with Gasteiger partial charge in [0, 0.05) is 25.0 Å². The van der Waals surface area contributed by atoms with Gasteiger partial charge in [0.15, 0.2) is 0 Å². The second-order valence-electron chi connectivity index (χ2n) is 8.23. The maximum Gasteiger partial charge on any atom is 0.270 e. The Balaban J connectivity index is 1.58. The normalized spacial score (nSPS) is 14.9. The maximum atomic E-state index is 13.5. The lowest BCUT2D eigenvalue weighted by molar-refractivity contribution is 0.0927. The fraction of sp³-hybridized carbons (Fsp3) is 0.208. The van der Waals surface area contributed by atoms with Gasteiger partial charge in [-0.15, -0.1) is 5.10 Å². The molecule has 0 aliphatic heterocycles. The highest BCUT2D eigenvalue weighted by Gasteiger charge is 2.26. The number of aryl methyl sites for hydroxylation is 2. The smallest absolute Gasteiger partial charge is 0.270 e. The van der Waals surface area contributed by atoms with Gasteiger partial charge in [-0.1, -0.05) is 18.2 Å². The number of nitrogens with two attached hydrogens (primary N) is 2. The SMILES string of the molecule is C=N/N=c1/nc(C(=O)NCc2ccc(F)c(C)c2)cc(C(=O)N[C@H]2CCc3cc(N)ccc32)n1N. The Labute approximate surface area is 200 Å². The number of halogens is 1. The molecule has 1 aliphatic carbocycles. The summed E-state index contributed by atoms with van der Waals surface area (Å²) in [6.45, 7) is 5.06. The van der Waals surface area contributed by atoms with Crippen molar-refractivity contribution in [3.8, 4) is 0 Å². The Bertz CT molecular complexity index is 1400. The summed E-state index contributed by atoms with van der Waals surface area (Å²) < 4.78 is 14.5. The van der Waals surface area contributed by atoms with E-state index in [0.717, 1.165) is 22.2 Å². The Morgan fingerprint density at radius 1 is 1.23 bits per heavy atom. The molecule has 6 N–H and O–H groups in total. The van der Waals surface area contributed by atoms with E-state index in [9.17, 15) is 14.0 Å². The largest absolute Gasteiger partial charge is 0.399 e. The first kappa shape index (κ1) is 23.6. The Morgan fingerprint density at radius 3 is 2.77 bits per heavy atom. The fourth-order valence-electron chi connectivity index (χ4n) is 4.03. The van der Waals surface area contributed by atoms with Crippen LogP contribution in [0.4, 0.5) is 10.1 Å². The Kier molecular flexibility index (Phi) is 6.58. The molecule has 35 heavy (non-hydrogen) atoms. The highest BCUT2D eigenvalue weighted by Crippen LogP contribution is 2.32. The van der Waals surface area contributed by atoms with Crippen LogP contribution in [0.1, 0.15) is 55.7 Å². The monoisotopic (exact) mass is 476 g/mol. The number of hydrogen-bond donors (Lipinski definition) is 4. The average Bonchev–Trinajstić information content (AvgIpc) is 3.22. The minimum absolute atomic E-state index is 0.0333. The summed E-state index contributed by atoms with van der Waals surface area (Å²) in [5, 5.41) is 12.8. The molecule has 1 heterocycles. The summed E-state index contributed by atoms with van der Waals surface area (Å²) in [7, 11) is 0. The van der Waals surface area contributed by atoms with Crippen LogP contribution in [0.15, 0.2) is 52.7 Å². The van der Waals surface area contributed by atoms with Crippen molar-refractivity contribution < 1.29 is 14.0 Å². The molecule has 0 spiro atoms. The molecule has 4 rings (SSSR count). The van der Waals surface area contributed by atoms with Crippen molar-refractivity contribution in [2.45, 2.75) is 32.4 Å². The van der Waals surface area contributed by atoms with Crippen molar-refractivity contribution in [2.24, 2.45) is 10.2 Å². The van der Waals surface area contributed by atoms with E-state index in [2.05, 4.69) is 32.5 Å². The number of carbonyl (C=O) groups excluding carboxylic acids is 2. The second-order valence-corrected chi connectivity index (χ2v) is 8.23. The van der Waals surface area contributed by atoms with Gasteiger partial charge >= 0.3 is 0 Å². The van der Waals surface area contributed by atoms with Crippen LogP contribution in [-0.4, -0.2) is 28.2 Å². The van der Waals surface area contributed by atoms with Crippen molar-refractivity contribution in [1.29, 1.82) is 0 Å². The topological polar surface area (TPSA) is 153 Å². The number of benzene rings is 2. The van der Waals surface area contributed by atoms with E-state index in [4.69, 9.17) is 11.6 Å². The first-order chi connectivity index (χ1) is 16.8. The van der Waals surface area contributed by atoms with Crippen molar-refractivity contribution in [1.82, 2.24) is 20.3 Å². The molecule has 0 bridgehead atoms. The molecule has 0 radical (unpaired) electrons. The zero-order valence-corrected chi connectivity index (χ0v) is 19.1. The van der Waals surface area contributed by atoms with E-state index in [1.54, 1.807) is 25.1 Å². The summed E-state index contributed by atoms with van der Waals surface area (Å²) >= 11 is 0. The molecule has 0 saturated heterocycles. The summed E-state index contributed by atoms with van der Waals surface area (Å²) in [6.07, 6.45) is 1.48. The number of carbonyl (C=O) groups is 2. The van der Waals surface area contributed by atoms with Crippen molar-refractivity contribution in [3.05, 3.63) is 87.5 Å². The number of amides is 2. The quantitative estimate of drug-likeness (QED) is 0.184. The van der Waals surface area contributed by atoms with E-state index in [1.807, 2.05) is 12.1 Å². The van der Waals surface area contributed by atoms with Crippen LogP contribution in [0.5, 0.6) is 0 Å². The lowest BCUT2D eigenvalue weighted by Crippen LogP contribution is -2.41. The van der Waals surface area contributed by atoms with Gasteiger partial charge in [0.1, 0.15) is 17.2 Å². The highest BCUT2D eigenvalue weighted by atomic mass is 19.1. The van der Waals surface area contributed by atoms with Crippen molar-refractivity contribution in [2.75, 3.05) is 11.6 Å². The van der Waals surface area contributed by atoms with E-state index >= 15 is 0 Å². The van der Waals surface area contributed by atoms with Crippen LogP contribution in [0.3, 0.4) is 0 Å². The summed E-state index contributed by atoms with van der Waals surface area (Å²) in [6, 6.07) is 11.2. The third-order valence-electron chi connectivity index (χ3n) is 5.82. The van der Waals surface area contributed by atoms with Crippen molar-refractivity contribution in [3.63, 3.8) is 0 Å². The van der Waals surface area contributed by atoms with Gasteiger partial charge < -0.3 is 22.2 Å².